The van der Waals surface area contributed by atoms with Gasteiger partial charge in [0.25, 0.3) is 5.91 Å². The largest absolute Gasteiger partial charge is 0.396 e. The fraction of sp³-hybridized carbons (Fsp3) is 0.188. The number of carbonyl (C=O) groups excluding carboxylic acids is 1. The minimum Gasteiger partial charge on any atom is -0.396 e. The van der Waals surface area contributed by atoms with Crippen molar-refractivity contribution < 1.29 is 13.6 Å². The van der Waals surface area contributed by atoms with Gasteiger partial charge in [0, 0.05) is 0 Å². The standard InChI is InChI=1S/C16H16F2N2O/c1-9-3-5-11(6-4-9)10(2)20-16(21)14-12(17)7-8-13(19)15(14)18/h3-8,10H,19H2,1-2H3,(H,20,21). The fourth-order valence-corrected chi connectivity index (χ4v) is 1.98. The lowest BCUT2D eigenvalue weighted by Gasteiger charge is -2.15. The second-order valence-electron chi connectivity index (χ2n) is 4.93. The van der Waals surface area contributed by atoms with Gasteiger partial charge in [-0.2, -0.15) is 0 Å². The first kappa shape index (κ1) is 15.0. The molecule has 3 nitrogen and oxygen atoms in total. The zero-order valence-electron chi connectivity index (χ0n) is 11.8. The molecule has 2 aromatic rings. The number of benzene rings is 2. The van der Waals surface area contributed by atoms with E-state index in [1.54, 1.807) is 6.92 Å². The number of rotatable bonds is 3. The topological polar surface area (TPSA) is 55.1 Å². The molecule has 0 bridgehead atoms. The first-order valence-corrected chi connectivity index (χ1v) is 6.51. The zero-order chi connectivity index (χ0) is 15.6. The van der Waals surface area contributed by atoms with Crippen LogP contribution in [0, 0.1) is 18.6 Å². The lowest BCUT2D eigenvalue weighted by molar-refractivity contribution is 0.0931. The van der Waals surface area contributed by atoms with Gasteiger partial charge in [-0.15, -0.1) is 0 Å². The van der Waals surface area contributed by atoms with Gasteiger partial charge in [0.1, 0.15) is 11.4 Å². The van der Waals surface area contributed by atoms with E-state index >= 15 is 0 Å². The summed E-state index contributed by atoms with van der Waals surface area (Å²) in [6.07, 6.45) is 0. The van der Waals surface area contributed by atoms with Crippen molar-refractivity contribution in [3.63, 3.8) is 0 Å². The van der Waals surface area contributed by atoms with Crippen LogP contribution in [-0.4, -0.2) is 5.91 Å². The van der Waals surface area contributed by atoms with Gasteiger partial charge in [-0.25, -0.2) is 8.78 Å². The van der Waals surface area contributed by atoms with E-state index in [0.29, 0.717) is 0 Å². The van der Waals surface area contributed by atoms with Crippen molar-refractivity contribution in [3.8, 4) is 0 Å². The molecule has 0 fully saturated rings. The van der Waals surface area contributed by atoms with E-state index in [1.165, 1.54) is 0 Å². The Morgan fingerprint density at radius 3 is 2.38 bits per heavy atom. The van der Waals surface area contributed by atoms with Crippen LogP contribution in [0.4, 0.5) is 14.5 Å². The minimum absolute atomic E-state index is 0.260. The van der Waals surface area contributed by atoms with E-state index in [0.717, 1.165) is 23.3 Å². The summed E-state index contributed by atoms with van der Waals surface area (Å²) >= 11 is 0. The maximum absolute atomic E-state index is 13.8. The number of hydrogen-bond acceptors (Lipinski definition) is 2. The summed E-state index contributed by atoms with van der Waals surface area (Å²) in [5.74, 6) is -2.80. The van der Waals surface area contributed by atoms with Gasteiger partial charge in [-0.3, -0.25) is 4.79 Å². The Balaban J connectivity index is 2.22. The highest BCUT2D eigenvalue weighted by Gasteiger charge is 2.21. The van der Waals surface area contributed by atoms with Crippen LogP contribution < -0.4 is 11.1 Å². The van der Waals surface area contributed by atoms with Crippen molar-refractivity contribution in [1.82, 2.24) is 5.32 Å². The number of carbonyl (C=O) groups is 1. The van der Waals surface area contributed by atoms with E-state index < -0.39 is 23.1 Å². The Labute approximate surface area is 121 Å². The van der Waals surface area contributed by atoms with Crippen LogP contribution in [0.5, 0.6) is 0 Å². The number of aryl methyl sites for hydroxylation is 1. The lowest BCUT2D eigenvalue weighted by Crippen LogP contribution is -2.28. The molecule has 0 spiro atoms. The number of amides is 1. The first-order valence-electron chi connectivity index (χ1n) is 6.51. The summed E-state index contributed by atoms with van der Waals surface area (Å²) in [6, 6.07) is 9.20. The number of hydrogen-bond donors (Lipinski definition) is 2. The van der Waals surface area contributed by atoms with E-state index in [-0.39, 0.29) is 11.7 Å². The Morgan fingerprint density at radius 2 is 1.76 bits per heavy atom. The Hall–Kier alpha value is -2.43. The molecule has 1 unspecified atom stereocenters. The molecule has 0 heterocycles. The second kappa shape index (κ2) is 5.91. The molecule has 1 atom stereocenters. The van der Waals surface area contributed by atoms with Gasteiger partial charge in [0.05, 0.1) is 11.7 Å². The number of nitrogens with two attached hydrogens (primary N) is 1. The van der Waals surface area contributed by atoms with Gasteiger partial charge in [0.2, 0.25) is 0 Å². The van der Waals surface area contributed by atoms with Gasteiger partial charge in [-0.05, 0) is 31.5 Å². The quantitative estimate of drug-likeness (QED) is 0.852. The fourth-order valence-electron chi connectivity index (χ4n) is 1.98. The summed E-state index contributed by atoms with van der Waals surface area (Å²) in [5.41, 5.74) is 6.38. The van der Waals surface area contributed by atoms with E-state index in [1.807, 2.05) is 31.2 Å². The molecule has 0 radical (unpaired) electrons. The SMILES string of the molecule is Cc1ccc(C(C)NC(=O)c2c(F)ccc(N)c2F)cc1. The van der Waals surface area contributed by atoms with Gasteiger partial charge < -0.3 is 11.1 Å². The highest BCUT2D eigenvalue weighted by Crippen LogP contribution is 2.20. The number of anilines is 1. The maximum atomic E-state index is 13.8. The van der Waals surface area contributed by atoms with Crippen molar-refractivity contribution in [3.05, 3.63) is 64.7 Å². The maximum Gasteiger partial charge on any atom is 0.257 e. The molecule has 21 heavy (non-hydrogen) atoms. The average Bonchev–Trinajstić information content (AvgIpc) is 2.44. The zero-order valence-corrected chi connectivity index (χ0v) is 11.8. The summed E-state index contributed by atoms with van der Waals surface area (Å²) in [6.45, 7) is 3.69. The molecule has 0 saturated heterocycles. The molecule has 0 aliphatic heterocycles. The molecule has 0 aliphatic rings. The van der Waals surface area contributed by atoms with Crippen LogP contribution in [0.2, 0.25) is 0 Å². The molecule has 2 aromatic carbocycles. The van der Waals surface area contributed by atoms with Crippen LogP contribution in [0.25, 0.3) is 0 Å². The minimum atomic E-state index is -1.04. The third kappa shape index (κ3) is 3.18. The second-order valence-corrected chi connectivity index (χ2v) is 4.93. The normalized spacial score (nSPS) is 12.0. The molecule has 0 aliphatic carbocycles. The molecule has 110 valence electrons. The van der Waals surface area contributed by atoms with Gasteiger partial charge in [0.15, 0.2) is 5.82 Å². The summed E-state index contributed by atoms with van der Waals surface area (Å²) < 4.78 is 27.4. The summed E-state index contributed by atoms with van der Waals surface area (Å²) in [4.78, 5) is 12.0. The van der Waals surface area contributed by atoms with E-state index in [9.17, 15) is 13.6 Å². The lowest BCUT2D eigenvalue weighted by atomic mass is 10.1. The van der Waals surface area contributed by atoms with Crippen molar-refractivity contribution >= 4 is 11.6 Å². The molecule has 0 aromatic heterocycles. The molecule has 1 amide bonds. The number of halogens is 2. The van der Waals surface area contributed by atoms with Crippen LogP contribution in [0.3, 0.4) is 0 Å². The number of nitrogen functional groups attached to an aromatic ring is 1. The van der Waals surface area contributed by atoms with Gasteiger partial charge >= 0.3 is 0 Å². The predicted molar refractivity (Wildman–Crippen MR) is 77.8 cm³/mol. The first-order chi connectivity index (χ1) is 9.90. The van der Waals surface area contributed by atoms with E-state index in [4.69, 9.17) is 5.73 Å². The Kier molecular flexibility index (Phi) is 4.21. The third-order valence-corrected chi connectivity index (χ3v) is 3.27. The summed E-state index contributed by atoms with van der Waals surface area (Å²) in [7, 11) is 0. The highest BCUT2D eigenvalue weighted by molar-refractivity contribution is 5.95. The Morgan fingerprint density at radius 1 is 1.14 bits per heavy atom. The monoisotopic (exact) mass is 290 g/mol. The van der Waals surface area contributed by atoms with Crippen molar-refractivity contribution in [2.75, 3.05) is 5.73 Å². The van der Waals surface area contributed by atoms with E-state index in [2.05, 4.69) is 5.32 Å². The van der Waals surface area contributed by atoms with Crippen LogP contribution in [0.1, 0.15) is 34.5 Å². The van der Waals surface area contributed by atoms with Crippen molar-refractivity contribution in [2.45, 2.75) is 19.9 Å². The van der Waals surface area contributed by atoms with Crippen molar-refractivity contribution in [1.29, 1.82) is 0 Å². The molecule has 2 rings (SSSR count). The smallest absolute Gasteiger partial charge is 0.257 e. The molecule has 3 N–H and O–H groups in total. The highest BCUT2D eigenvalue weighted by atomic mass is 19.1. The third-order valence-electron chi connectivity index (χ3n) is 3.27. The van der Waals surface area contributed by atoms with Gasteiger partial charge in [-0.1, -0.05) is 29.8 Å². The molecular formula is C16H16F2N2O. The van der Waals surface area contributed by atoms with Crippen LogP contribution >= 0.6 is 0 Å². The molecule has 0 saturated carbocycles. The Bertz CT molecular complexity index is 669. The average molecular weight is 290 g/mol. The van der Waals surface area contributed by atoms with Crippen LogP contribution in [-0.2, 0) is 0 Å². The van der Waals surface area contributed by atoms with Crippen LogP contribution in [0.15, 0.2) is 36.4 Å². The number of nitrogens with one attached hydrogen (secondary N) is 1. The molecular weight excluding hydrogens is 274 g/mol. The summed E-state index contributed by atoms with van der Waals surface area (Å²) in [5, 5.41) is 2.57. The predicted octanol–water partition coefficient (Wildman–Crippen LogP) is 3.35. The van der Waals surface area contributed by atoms with Crippen molar-refractivity contribution in [2.24, 2.45) is 0 Å². The molecule has 5 heteroatoms.